The monoisotopic (exact) mass is 288 g/mol. The lowest BCUT2D eigenvalue weighted by molar-refractivity contribution is 0.627. The van der Waals surface area contributed by atoms with Gasteiger partial charge in [-0.1, -0.05) is 24.4 Å². The molecule has 2 aromatic carbocycles. The molecule has 2 aromatic rings. The molecule has 0 spiro atoms. The molecule has 0 aliphatic carbocycles. The van der Waals surface area contributed by atoms with Gasteiger partial charge >= 0.3 is 0 Å². The standard InChI is InChI=1S/C16H17FN2S/c1-3-19(13-6-4-5-12(17)10-13)15-9-11(2)7-8-14(15)16(18)20/h4-10H,3H2,1-2H3,(H2,18,20). The summed E-state index contributed by atoms with van der Waals surface area (Å²) < 4.78 is 13.4. The van der Waals surface area contributed by atoms with Crippen LogP contribution in [0.15, 0.2) is 42.5 Å². The van der Waals surface area contributed by atoms with E-state index in [1.165, 1.54) is 12.1 Å². The highest BCUT2D eigenvalue weighted by Crippen LogP contribution is 2.29. The van der Waals surface area contributed by atoms with Crippen LogP contribution in [0.3, 0.4) is 0 Å². The third kappa shape index (κ3) is 2.96. The van der Waals surface area contributed by atoms with Crippen LogP contribution >= 0.6 is 12.2 Å². The summed E-state index contributed by atoms with van der Waals surface area (Å²) in [7, 11) is 0. The Morgan fingerprint density at radius 1 is 1.25 bits per heavy atom. The van der Waals surface area contributed by atoms with Crippen molar-refractivity contribution in [1.82, 2.24) is 0 Å². The van der Waals surface area contributed by atoms with E-state index in [1.54, 1.807) is 6.07 Å². The van der Waals surface area contributed by atoms with Gasteiger partial charge in [-0.25, -0.2) is 4.39 Å². The van der Waals surface area contributed by atoms with E-state index in [1.807, 2.05) is 43.0 Å². The number of hydrogen-bond donors (Lipinski definition) is 1. The summed E-state index contributed by atoms with van der Waals surface area (Å²) >= 11 is 5.11. The number of rotatable bonds is 4. The van der Waals surface area contributed by atoms with Crippen molar-refractivity contribution in [2.24, 2.45) is 5.73 Å². The highest BCUT2D eigenvalue weighted by molar-refractivity contribution is 7.80. The number of benzene rings is 2. The average Bonchev–Trinajstić information content (AvgIpc) is 2.39. The molecule has 0 aliphatic heterocycles. The van der Waals surface area contributed by atoms with Crippen LogP contribution in [0.1, 0.15) is 18.1 Å². The molecular weight excluding hydrogens is 271 g/mol. The van der Waals surface area contributed by atoms with Gasteiger partial charge in [-0.3, -0.25) is 0 Å². The fourth-order valence-corrected chi connectivity index (χ4v) is 2.38. The Bertz CT molecular complexity index is 640. The van der Waals surface area contributed by atoms with E-state index in [0.29, 0.717) is 11.5 Å². The number of hydrogen-bond acceptors (Lipinski definition) is 2. The van der Waals surface area contributed by atoms with E-state index in [-0.39, 0.29) is 5.82 Å². The van der Waals surface area contributed by atoms with Crippen molar-refractivity contribution >= 4 is 28.6 Å². The largest absolute Gasteiger partial charge is 0.389 e. The first-order valence-electron chi connectivity index (χ1n) is 6.46. The van der Waals surface area contributed by atoms with E-state index in [0.717, 1.165) is 22.5 Å². The molecule has 104 valence electrons. The maximum absolute atomic E-state index is 13.4. The molecule has 0 aromatic heterocycles. The van der Waals surface area contributed by atoms with Gasteiger partial charge in [0.05, 0.1) is 5.69 Å². The summed E-state index contributed by atoms with van der Waals surface area (Å²) in [5.74, 6) is -0.259. The third-order valence-corrected chi connectivity index (χ3v) is 3.37. The van der Waals surface area contributed by atoms with Crippen LogP contribution in [0.25, 0.3) is 0 Å². The van der Waals surface area contributed by atoms with Crippen LogP contribution in [0, 0.1) is 12.7 Å². The van der Waals surface area contributed by atoms with Crippen LogP contribution < -0.4 is 10.6 Å². The minimum atomic E-state index is -0.259. The van der Waals surface area contributed by atoms with Gasteiger partial charge in [0, 0.05) is 17.8 Å². The van der Waals surface area contributed by atoms with E-state index >= 15 is 0 Å². The van der Waals surface area contributed by atoms with Gasteiger partial charge in [-0.15, -0.1) is 0 Å². The predicted molar refractivity (Wildman–Crippen MR) is 86.1 cm³/mol. The van der Waals surface area contributed by atoms with Gasteiger partial charge in [0.15, 0.2) is 0 Å². The van der Waals surface area contributed by atoms with Crippen LogP contribution in [-0.4, -0.2) is 11.5 Å². The summed E-state index contributed by atoms with van der Waals surface area (Å²) in [6, 6.07) is 12.4. The van der Waals surface area contributed by atoms with Gasteiger partial charge in [-0.05, 0) is 49.7 Å². The highest BCUT2D eigenvalue weighted by atomic mass is 32.1. The number of nitrogens with zero attached hydrogens (tertiary/aromatic N) is 1. The van der Waals surface area contributed by atoms with Crippen molar-refractivity contribution in [3.05, 3.63) is 59.4 Å². The first-order chi connectivity index (χ1) is 9.52. The second kappa shape index (κ2) is 6.01. The van der Waals surface area contributed by atoms with Crippen LogP contribution in [0.4, 0.5) is 15.8 Å². The molecule has 0 atom stereocenters. The van der Waals surface area contributed by atoms with Crippen LogP contribution in [-0.2, 0) is 0 Å². The van der Waals surface area contributed by atoms with Crippen molar-refractivity contribution in [2.45, 2.75) is 13.8 Å². The second-order valence-electron chi connectivity index (χ2n) is 4.61. The van der Waals surface area contributed by atoms with Gasteiger partial charge in [-0.2, -0.15) is 0 Å². The van der Waals surface area contributed by atoms with E-state index < -0.39 is 0 Å². The maximum atomic E-state index is 13.4. The Labute approximate surface area is 124 Å². The molecule has 2 rings (SSSR count). The van der Waals surface area contributed by atoms with Gasteiger partial charge < -0.3 is 10.6 Å². The van der Waals surface area contributed by atoms with E-state index in [9.17, 15) is 4.39 Å². The van der Waals surface area contributed by atoms with Gasteiger partial charge in [0.1, 0.15) is 10.8 Å². The molecule has 0 amide bonds. The zero-order chi connectivity index (χ0) is 14.7. The lowest BCUT2D eigenvalue weighted by Crippen LogP contribution is -2.21. The minimum absolute atomic E-state index is 0.259. The van der Waals surface area contributed by atoms with Crippen molar-refractivity contribution in [3.8, 4) is 0 Å². The molecule has 4 heteroatoms. The highest BCUT2D eigenvalue weighted by Gasteiger charge is 2.14. The quantitative estimate of drug-likeness (QED) is 0.864. The zero-order valence-electron chi connectivity index (χ0n) is 11.6. The third-order valence-electron chi connectivity index (χ3n) is 3.15. The molecule has 0 fully saturated rings. The lowest BCUT2D eigenvalue weighted by Gasteiger charge is -2.26. The molecule has 0 bridgehead atoms. The Kier molecular flexibility index (Phi) is 4.35. The Morgan fingerprint density at radius 3 is 2.60 bits per heavy atom. The maximum Gasteiger partial charge on any atom is 0.125 e. The molecule has 0 saturated carbocycles. The minimum Gasteiger partial charge on any atom is -0.389 e. The molecule has 0 aliphatic rings. The Morgan fingerprint density at radius 2 is 2.00 bits per heavy atom. The van der Waals surface area contributed by atoms with Crippen LogP contribution in [0.5, 0.6) is 0 Å². The SMILES string of the molecule is CCN(c1cccc(F)c1)c1cc(C)ccc1C(N)=S. The Balaban J connectivity index is 2.57. The molecule has 2 N–H and O–H groups in total. The van der Waals surface area contributed by atoms with Crippen LogP contribution in [0.2, 0.25) is 0 Å². The van der Waals surface area contributed by atoms with E-state index in [4.69, 9.17) is 18.0 Å². The summed E-state index contributed by atoms with van der Waals surface area (Å²) in [5.41, 5.74) is 9.40. The van der Waals surface area contributed by atoms with E-state index in [2.05, 4.69) is 0 Å². The molecule has 0 radical (unpaired) electrons. The van der Waals surface area contributed by atoms with Crippen molar-refractivity contribution < 1.29 is 4.39 Å². The summed E-state index contributed by atoms with van der Waals surface area (Å²) in [6.45, 7) is 4.71. The first kappa shape index (κ1) is 14.5. The molecule has 0 heterocycles. The van der Waals surface area contributed by atoms with Crippen molar-refractivity contribution in [3.63, 3.8) is 0 Å². The molecule has 0 saturated heterocycles. The average molecular weight is 288 g/mol. The molecular formula is C16H17FN2S. The van der Waals surface area contributed by atoms with Crippen molar-refractivity contribution in [2.75, 3.05) is 11.4 Å². The van der Waals surface area contributed by atoms with Gasteiger partial charge in [0.2, 0.25) is 0 Å². The lowest BCUT2D eigenvalue weighted by atomic mass is 10.1. The summed E-state index contributed by atoms with van der Waals surface area (Å²) in [6.07, 6.45) is 0. The fourth-order valence-electron chi connectivity index (χ4n) is 2.21. The normalized spacial score (nSPS) is 10.3. The summed E-state index contributed by atoms with van der Waals surface area (Å²) in [4.78, 5) is 2.35. The van der Waals surface area contributed by atoms with Crippen molar-refractivity contribution in [1.29, 1.82) is 0 Å². The summed E-state index contributed by atoms with van der Waals surface area (Å²) in [5, 5.41) is 0. The number of nitrogens with two attached hydrogens (primary N) is 1. The first-order valence-corrected chi connectivity index (χ1v) is 6.87. The number of anilines is 2. The van der Waals surface area contributed by atoms with Gasteiger partial charge in [0.25, 0.3) is 0 Å². The second-order valence-corrected chi connectivity index (χ2v) is 5.05. The topological polar surface area (TPSA) is 29.3 Å². The fraction of sp³-hybridized carbons (Fsp3) is 0.188. The Hall–Kier alpha value is -1.94. The zero-order valence-corrected chi connectivity index (χ0v) is 12.4. The number of halogens is 1. The molecule has 2 nitrogen and oxygen atoms in total. The molecule has 20 heavy (non-hydrogen) atoms. The molecule has 0 unspecified atom stereocenters. The number of aryl methyl sites for hydroxylation is 1. The number of thiocarbonyl (C=S) groups is 1. The predicted octanol–water partition coefficient (Wildman–Crippen LogP) is 3.93. The smallest absolute Gasteiger partial charge is 0.125 e.